The first-order valence-electron chi connectivity index (χ1n) is 32.9. The number of allylic oxidation sites excluding steroid dienone is 12. The van der Waals surface area contributed by atoms with Gasteiger partial charge in [0, 0.05) is 19.3 Å². The quantitative estimate of drug-likeness (QED) is 0.0261. The minimum Gasteiger partial charge on any atom is -0.462 e. The van der Waals surface area contributed by atoms with Gasteiger partial charge in [0.1, 0.15) is 13.2 Å². The average molecular weight is 1060 g/mol. The maximum Gasteiger partial charge on any atom is 0.306 e. The van der Waals surface area contributed by atoms with E-state index in [1.165, 1.54) is 193 Å². The molecule has 0 aliphatic rings. The molecule has 0 amide bonds. The molecule has 6 heteroatoms. The SMILES string of the molecule is CCCC/C=C\CCCCCCCC(=O)OCC(COC(=O)CCCCCCCCCCCCCCCCCC/C=C\C/C=C\C/C=C\CCCCCCC)OC(=O)CCCCCCC/C=C\C/C=C\CCCCCC. The Kier molecular flexibility index (Phi) is 61.7. The van der Waals surface area contributed by atoms with E-state index in [1.54, 1.807) is 0 Å². The summed E-state index contributed by atoms with van der Waals surface area (Å²) < 4.78 is 16.9. The molecule has 0 aromatic carbocycles. The second-order valence-corrected chi connectivity index (χ2v) is 22.0. The van der Waals surface area contributed by atoms with E-state index in [9.17, 15) is 14.4 Å². The number of esters is 3. The number of carbonyl (C=O) groups is 3. The van der Waals surface area contributed by atoms with Crippen molar-refractivity contribution in [2.75, 3.05) is 13.2 Å². The highest BCUT2D eigenvalue weighted by atomic mass is 16.6. The van der Waals surface area contributed by atoms with Gasteiger partial charge >= 0.3 is 17.9 Å². The summed E-state index contributed by atoms with van der Waals surface area (Å²) in [5.41, 5.74) is 0. The molecule has 0 bridgehead atoms. The van der Waals surface area contributed by atoms with Crippen molar-refractivity contribution < 1.29 is 28.6 Å². The summed E-state index contributed by atoms with van der Waals surface area (Å²) in [6, 6.07) is 0. The zero-order chi connectivity index (χ0) is 55.0. The van der Waals surface area contributed by atoms with Crippen molar-refractivity contribution >= 4 is 17.9 Å². The van der Waals surface area contributed by atoms with Gasteiger partial charge in [0.05, 0.1) is 0 Å². The summed E-state index contributed by atoms with van der Waals surface area (Å²) in [5, 5.41) is 0. The first-order chi connectivity index (χ1) is 37.5. The minimum atomic E-state index is -0.785. The largest absolute Gasteiger partial charge is 0.462 e. The van der Waals surface area contributed by atoms with Crippen LogP contribution in [-0.2, 0) is 28.6 Å². The van der Waals surface area contributed by atoms with Gasteiger partial charge in [-0.25, -0.2) is 0 Å². The molecule has 0 aromatic heterocycles. The molecule has 76 heavy (non-hydrogen) atoms. The summed E-state index contributed by atoms with van der Waals surface area (Å²) in [6.07, 6.45) is 83.5. The zero-order valence-electron chi connectivity index (χ0n) is 50.5. The zero-order valence-corrected chi connectivity index (χ0v) is 50.5. The van der Waals surface area contributed by atoms with Gasteiger partial charge in [-0.1, -0.05) is 280 Å². The number of hydrogen-bond donors (Lipinski definition) is 0. The van der Waals surface area contributed by atoms with E-state index in [-0.39, 0.29) is 31.1 Å². The van der Waals surface area contributed by atoms with Crippen LogP contribution in [0.3, 0.4) is 0 Å². The Hall–Kier alpha value is -3.15. The molecule has 0 rings (SSSR count). The molecule has 0 saturated carbocycles. The third-order valence-electron chi connectivity index (χ3n) is 14.4. The molecule has 0 fully saturated rings. The van der Waals surface area contributed by atoms with E-state index >= 15 is 0 Å². The number of rotatable bonds is 60. The molecule has 0 aromatic rings. The van der Waals surface area contributed by atoms with E-state index in [0.29, 0.717) is 19.3 Å². The van der Waals surface area contributed by atoms with Gasteiger partial charge in [-0.15, -0.1) is 0 Å². The molecule has 1 atom stereocenters. The Morgan fingerprint density at radius 1 is 0.263 bits per heavy atom. The third kappa shape index (κ3) is 61.7. The molecule has 1 unspecified atom stereocenters. The van der Waals surface area contributed by atoms with Crippen molar-refractivity contribution in [1.82, 2.24) is 0 Å². The average Bonchev–Trinajstić information content (AvgIpc) is 3.42. The summed E-state index contributed by atoms with van der Waals surface area (Å²) in [7, 11) is 0. The maximum absolute atomic E-state index is 12.9. The topological polar surface area (TPSA) is 78.9 Å². The standard InChI is InChI=1S/C70H124O6/c1-4-7-10-13-16-19-22-24-26-28-29-30-31-32-33-34-35-36-37-38-39-40-41-42-44-45-48-51-54-57-60-63-69(72)75-66-67(65-74-68(71)62-59-56-53-50-47-21-18-15-12-9-6-3)76-70(73)64-61-58-55-52-49-46-43-27-25-23-20-17-14-11-8-5-2/h15,18,20,22-24,27-29,31-32,43,67H,4-14,16-17,19,21,25-26,30,33-42,44-66H2,1-3H3/b18-15-,23-20-,24-22-,29-28-,32-31-,43-27-. The van der Waals surface area contributed by atoms with Gasteiger partial charge in [-0.2, -0.15) is 0 Å². The van der Waals surface area contributed by atoms with Crippen LogP contribution in [0, 0.1) is 0 Å². The van der Waals surface area contributed by atoms with Crippen LogP contribution in [0.5, 0.6) is 0 Å². The fourth-order valence-corrected chi connectivity index (χ4v) is 9.40. The smallest absolute Gasteiger partial charge is 0.306 e. The van der Waals surface area contributed by atoms with Crippen LogP contribution < -0.4 is 0 Å². The third-order valence-corrected chi connectivity index (χ3v) is 14.4. The molecule has 0 heterocycles. The monoisotopic (exact) mass is 1060 g/mol. The van der Waals surface area contributed by atoms with Crippen LogP contribution in [0.1, 0.15) is 335 Å². The van der Waals surface area contributed by atoms with Crippen LogP contribution in [0.15, 0.2) is 72.9 Å². The van der Waals surface area contributed by atoms with Crippen LogP contribution in [-0.4, -0.2) is 37.2 Å². The molecule has 0 radical (unpaired) electrons. The van der Waals surface area contributed by atoms with Crippen LogP contribution in [0.4, 0.5) is 0 Å². The molecule has 0 spiro atoms. The highest BCUT2D eigenvalue weighted by molar-refractivity contribution is 5.71. The van der Waals surface area contributed by atoms with Crippen molar-refractivity contribution in [3.63, 3.8) is 0 Å². The minimum absolute atomic E-state index is 0.0815. The Labute approximate surface area is 472 Å². The van der Waals surface area contributed by atoms with Crippen molar-refractivity contribution in [3.8, 4) is 0 Å². The molecular weight excluding hydrogens is 937 g/mol. The van der Waals surface area contributed by atoms with Gasteiger partial charge in [0.15, 0.2) is 6.10 Å². The van der Waals surface area contributed by atoms with Gasteiger partial charge in [-0.05, 0) is 109 Å². The lowest BCUT2D eigenvalue weighted by molar-refractivity contribution is -0.167. The summed E-state index contributed by atoms with van der Waals surface area (Å²) in [6.45, 7) is 6.58. The Balaban J connectivity index is 4.16. The lowest BCUT2D eigenvalue weighted by atomic mass is 10.0. The highest BCUT2D eigenvalue weighted by Gasteiger charge is 2.19. The van der Waals surface area contributed by atoms with Crippen LogP contribution >= 0.6 is 0 Å². The number of hydrogen-bond acceptors (Lipinski definition) is 6. The summed E-state index contributed by atoms with van der Waals surface area (Å²) in [5.74, 6) is -0.893. The normalized spacial score (nSPS) is 12.5. The molecule has 0 saturated heterocycles. The summed E-state index contributed by atoms with van der Waals surface area (Å²) in [4.78, 5) is 38.2. The van der Waals surface area contributed by atoms with E-state index in [0.717, 1.165) is 103 Å². The van der Waals surface area contributed by atoms with Gasteiger partial charge in [0.25, 0.3) is 0 Å². The molecule has 0 aliphatic heterocycles. The number of ether oxygens (including phenoxy) is 3. The van der Waals surface area contributed by atoms with Gasteiger partial charge in [0.2, 0.25) is 0 Å². The van der Waals surface area contributed by atoms with Crippen molar-refractivity contribution in [1.29, 1.82) is 0 Å². The van der Waals surface area contributed by atoms with Crippen molar-refractivity contribution in [2.24, 2.45) is 0 Å². The van der Waals surface area contributed by atoms with Crippen molar-refractivity contribution in [2.45, 2.75) is 341 Å². The van der Waals surface area contributed by atoms with Crippen LogP contribution in [0.25, 0.3) is 0 Å². The first-order valence-corrected chi connectivity index (χ1v) is 32.9. The molecule has 0 aliphatic carbocycles. The van der Waals surface area contributed by atoms with E-state index < -0.39 is 6.10 Å². The molecule has 0 N–H and O–H groups in total. The molecule has 6 nitrogen and oxygen atoms in total. The number of carbonyl (C=O) groups excluding carboxylic acids is 3. The van der Waals surface area contributed by atoms with Gasteiger partial charge < -0.3 is 14.2 Å². The number of unbranched alkanes of at least 4 members (excludes halogenated alkanes) is 37. The fourth-order valence-electron chi connectivity index (χ4n) is 9.40. The van der Waals surface area contributed by atoms with Gasteiger partial charge in [-0.3, -0.25) is 14.4 Å². The second kappa shape index (κ2) is 64.4. The van der Waals surface area contributed by atoms with Crippen molar-refractivity contribution in [3.05, 3.63) is 72.9 Å². The van der Waals surface area contributed by atoms with E-state index in [4.69, 9.17) is 14.2 Å². The Morgan fingerprint density at radius 3 is 0.803 bits per heavy atom. The molecule has 440 valence electrons. The predicted molar refractivity (Wildman–Crippen MR) is 330 cm³/mol. The first kappa shape index (κ1) is 72.8. The highest BCUT2D eigenvalue weighted by Crippen LogP contribution is 2.17. The Bertz CT molecular complexity index is 1400. The lowest BCUT2D eigenvalue weighted by Crippen LogP contribution is -2.30. The summed E-state index contributed by atoms with van der Waals surface area (Å²) >= 11 is 0. The Morgan fingerprint density at radius 2 is 0.487 bits per heavy atom. The molecular formula is C70H124O6. The van der Waals surface area contributed by atoms with E-state index in [1.807, 2.05) is 0 Å². The lowest BCUT2D eigenvalue weighted by Gasteiger charge is -2.18. The fraction of sp³-hybridized carbons (Fsp3) is 0.786. The predicted octanol–water partition coefficient (Wildman–Crippen LogP) is 22.5. The van der Waals surface area contributed by atoms with E-state index in [2.05, 4.69) is 93.7 Å². The maximum atomic E-state index is 12.9. The van der Waals surface area contributed by atoms with Crippen LogP contribution in [0.2, 0.25) is 0 Å². The second-order valence-electron chi connectivity index (χ2n) is 22.0.